The minimum absolute atomic E-state index is 0.110. The highest BCUT2D eigenvalue weighted by molar-refractivity contribution is 6.34. The van der Waals surface area contributed by atoms with Crippen molar-refractivity contribution in [2.45, 2.75) is 6.61 Å². The summed E-state index contributed by atoms with van der Waals surface area (Å²) in [5.41, 5.74) is 1.79. The van der Waals surface area contributed by atoms with Crippen LogP contribution in [0.2, 0.25) is 5.02 Å². The molecule has 0 fully saturated rings. The number of rotatable bonds is 1. The van der Waals surface area contributed by atoms with Crippen molar-refractivity contribution in [3.8, 4) is 0 Å². The number of furan rings is 1. The van der Waals surface area contributed by atoms with Crippen LogP contribution in [-0.4, -0.2) is 10.1 Å². The van der Waals surface area contributed by atoms with E-state index in [-0.39, 0.29) is 6.61 Å². The summed E-state index contributed by atoms with van der Waals surface area (Å²) in [5.74, 6) is 0. The molecule has 62 valence electrons. The smallest absolute Gasteiger partial charge is 0.170 e. The molecule has 0 saturated heterocycles. The van der Waals surface area contributed by atoms with E-state index < -0.39 is 0 Å². The highest BCUT2D eigenvalue weighted by Gasteiger charge is 2.05. The number of nitrogens with zero attached hydrogens (tertiary/aromatic N) is 1. The predicted octanol–water partition coefficient (Wildman–Crippen LogP) is 1.97. The Hall–Kier alpha value is -1.06. The van der Waals surface area contributed by atoms with Crippen LogP contribution in [-0.2, 0) is 6.61 Å². The lowest BCUT2D eigenvalue weighted by molar-refractivity contribution is 0.277. The summed E-state index contributed by atoms with van der Waals surface area (Å²) in [6.45, 7) is -0.110. The summed E-state index contributed by atoms with van der Waals surface area (Å²) in [7, 11) is 0. The summed E-state index contributed by atoms with van der Waals surface area (Å²) in [6.07, 6.45) is 1.52. The Morgan fingerprint density at radius 3 is 3.17 bits per heavy atom. The monoisotopic (exact) mass is 183 g/mol. The number of hydrogen-bond acceptors (Lipinski definition) is 3. The van der Waals surface area contributed by atoms with E-state index in [2.05, 4.69) is 4.98 Å². The summed E-state index contributed by atoms with van der Waals surface area (Å²) in [5, 5.41) is 9.29. The van der Waals surface area contributed by atoms with Crippen molar-refractivity contribution in [1.82, 2.24) is 4.98 Å². The first-order chi connectivity index (χ1) is 5.81. The Labute approximate surface area is 73.6 Å². The van der Waals surface area contributed by atoms with Crippen molar-refractivity contribution in [3.05, 3.63) is 29.1 Å². The van der Waals surface area contributed by atoms with Crippen LogP contribution in [0.1, 0.15) is 5.69 Å². The van der Waals surface area contributed by atoms with Crippen molar-refractivity contribution in [2.75, 3.05) is 0 Å². The fourth-order valence-electron chi connectivity index (χ4n) is 1.05. The highest BCUT2D eigenvalue weighted by atomic mass is 35.5. The van der Waals surface area contributed by atoms with Crippen molar-refractivity contribution >= 4 is 22.7 Å². The number of aromatic nitrogens is 1. The molecule has 0 radical (unpaired) electrons. The minimum Gasteiger partial charge on any atom is -0.461 e. The number of fused-ring (bicyclic) bond motifs is 1. The molecule has 0 amide bonds. The van der Waals surface area contributed by atoms with Gasteiger partial charge in [0.25, 0.3) is 0 Å². The maximum absolute atomic E-state index is 8.81. The molecule has 0 aliphatic carbocycles. The molecule has 0 aromatic carbocycles. The highest BCUT2D eigenvalue weighted by Crippen LogP contribution is 2.23. The molecule has 0 aliphatic heterocycles. The van der Waals surface area contributed by atoms with Gasteiger partial charge in [0, 0.05) is 6.07 Å². The lowest BCUT2D eigenvalue weighted by Gasteiger charge is -1.96. The van der Waals surface area contributed by atoms with Gasteiger partial charge in [-0.15, -0.1) is 0 Å². The predicted molar refractivity (Wildman–Crippen MR) is 44.9 cm³/mol. The van der Waals surface area contributed by atoms with Gasteiger partial charge in [-0.05, 0) is 6.07 Å². The van der Waals surface area contributed by atoms with Gasteiger partial charge in [-0.25, -0.2) is 4.98 Å². The van der Waals surface area contributed by atoms with Crippen molar-refractivity contribution in [2.24, 2.45) is 0 Å². The summed E-state index contributed by atoms with van der Waals surface area (Å²) in [4.78, 5) is 4.09. The van der Waals surface area contributed by atoms with Gasteiger partial charge < -0.3 is 9.52 Å². The van der Waals surface area contributed by atoms with Gasteiger partial charge in [-0.3, -0.25) is 0 Å². The molecule has 0 saturated carbocycles. The number of pyridine rings is 1. The van der Waals surface area contributed by atoms with E-state index in [1.54, 1.807) is 12.1 Å². The Kier molecular flexibility index (Phi) is 1.75. The zero-order valence-electron chi connectivity index (χ0n) is 6.12. The average Bonchev–Trinajstić information content (AvgIpc) is 2.52. The number of hydrogen-bond donors (Lipinski definition) is 1. The third-order valence-corrected chi connectivity index (χ3v) is 1.86. The topological polar surface area (TPSA) is 46.3 Å². The summed E-state index contributed by atoms with van der Waals surface area (Å²) in [6, 6.07) is 3.30. The Morgan fingerprint density at radius 1 is 1.58 bits per heavy atom. The molecular weight excluding hydrogens is 178 g/mol. The third kappa shape index (κ3) is 1.07. The van der Waals surface area contributed by atoms with Crippen LogP contribution in [0.25, 0.3) is 11.1 Å². The second-order valence-electron chi connectivity index (χ2n) is 2.39. The van der Waals surface area contributed by atoms with E-state index in [1.165, 1.54) is 6.26 Å². The van der Waals surface area contributed by atoms with Crippen LogP contribution in [0.3, 0.4) is 0 Å². The SMILES string of the molecule is OCc1cc(Cl)c2occc2n1. The standard InChI is InChI=1S/C8H6ClNO2/c9-6-3-5(4-11)10-7-1-2-12-8(6)7/h1-3,11H,4H2. The quantitative estimate of drug-likeness (QED) is 0.735. The van der Waals surface area contributed by atoms with Crippen LogP contribution < -0.4 is 0 Å². The molecule has 0 spiro atoms. The first-order valence-corrected chi connectivity index (χ1v) is 3.82. The molecule has 2 aromatic rings. The van der Waals surface area contributed by atoms with Crippen molar-refractivity contribution in [3.63, 3.8) is 0 Å². The number of aliphatic hydroxyl groups excluding tert-OH is 1. The molecule has 4 heteroatoms. The fourth-order valence-corrected chi connectivity index (χ4v) is 1.32. The molecule has 2 rings (SSSR count). The first-order valence-electron chi connectivity index (χ1n) is 3.45. The molecule has 1 N–H and O–H groups in total. The van der Waals surface area contributed by atoms with Gasteiger partial charge >= 0.3 is 0 Å². The Morgan fingerprint density at radius 2 is 2.42 bits per heavy atom. The van der Waals surface area contributed by atoms with Crippen LogP contribution in [0.15, 0.2) is 22.8 Å². The van der Waals surface area contributed by atoms with Crippen LogP contribution in [0.5, 0.6) is 0 Å². The van der Waals surface area contributed by atoms with Gasteiger partial charge in [0.1, 0.15) is 5.52 Å². The molecule has 3 nitrogen and oxygen atoms in total. The molecule has 0 bridgehead atoms. The molecule has 12 heavy (non-hydrogen) atoms. The van der Waals surface area contributed by atoms with E-state index in [9.17, 15) is 0 Å². The van der Waals surface area contributed by atoms with E-state index in [0.717, 1.165) is 0 Å². The van der Waals surface area contributed by atoms with Crippen LogP contribution >= 0.6 is 11.6 Å². The summed E-state index contributed by atoms with van der Waals surface area (Å²) >= 11 is 5.84. The van der Waals surface area contributed by atoms with Gasteiger partial charge in [0.2, 0.25) is 0 Å². The normalized spacial score (nSPS) is 10.8. The van der Waals surface area contributed by atoms with E-state index >= 15 is 0 Å². The van der Waals surface area contributed by atoms with Gasteiger partial charge in [0.05, 0.1) is 23.6 Å². The zero-order chi connectivity index (χ0) is 8.55. The molecular formula is C8H6ClNO2. The number of aliphatic hydroxyl groups is 1. The van der Waals surface area contributed by atoms with Crippen molar-refractivity contribution in [1.29, 1.82) is 0 Å². The number of halogens is 1. The zero-order valence-corrected chi connectivity index (χ0v) is 6.88. The van der Waals surface area contributed by atoms with E-state index in [1.807, 2.05) is 0 Å². The second kappa shape index (κ2) is 2.77. The molecule has 0 atom stereocenters. The molecule has 2 heterocycles. The van der Waals surface area contributed by atoms with Gasteiger partial charge in [0.15, 0.2) is 5.58 Å². The van der Waals surface area contributed by atoms with E-state index in [4.69, 9.17) is 21.1 Å². The van der Waals surface area contributed by atoms with Crippen LogP contribution in [0.4, 0.5) is 0 Å². The second-order valence-corrected chi connectivity index (χ2v) is 2.80. The third-order valence-electron chi connectivity index (χ3n) is 1.58. The maximum Gasteiger partial charge on any atom is 0.170 e. The minimum atomic E-state index is -0.110. The summed E-state index contributed by atoms with van der Waals surface area (Å²) < 4.78 is 5.07. The van der Waals surface area contributed by atoms with Crippen molar-refractivity contribution < 1.29 is 9.52 Å². The lowest BCUT2D eigenvalue weighted by atomic mass is 10.3. The fraction of sp³-hybridized carbons (Fsp3) is 0.125. The molecule has 2 aromatic heterocycles. The van der Waals surface area contributed by atoms with Gasteiger partial charge in [-0.1, -0.05) is 11.6 Å². The van der Waals surface area contributed by atoms with Gasteiger partial charge in [-0.2, -0.15) is 0 Å². The Bertz CT molecular complexity index is 410. The first kappa shape index (κ1) is 7.58. The molecule has 0 aliphatic rings. The Balaban J connectivity index is 2.75. The largest absolute Gasteiger partial charge is 0.461 e. The molecule has 0 unspecified atom stereocenters. The van der Waals surface area contributed by atoms with E-state index in [0.29, 0.717) is 21.8 Å². The maximum atomic E-state index is 8.81. The average molecular weight is 184 g/mol. The van der Waals surface area contributed by atoms with Crippen LogP contribution in [0, 0.1) is 0 Å². The lowest BCUT2D eigenvalue weighted by Crippen LogP contribution is -1.88.